The van der Waals surface area contributed by atoms with Crippen molar-refractivity contribution in [3.63, 3.8) is 0 Å². The van der Waals surface area contributed by atoms with Gasteiger partial charge in [-0.15, -0.1) is 0 Å². The number of alkyl halides is 1. The summed E-state index contributed by atoms with van der Waals surface area (Å²) in [4.78, 5) is 11.5. The van der Waals surface area contributed by atoms with Crippen LogP contribution in [-0.4, -0.2) is 10.3 Å². The monoisotopic (exact) mass is 289 g/mol. The lowest BCUT2D eigenvalue weighted by Crippen LogP contribution is -2.03. The maximum Gasteiger partial charge on any atom is 0.164 e. The van der Waals surface area contributed by atoms with Gasteiger partial charge < -0.3 is 5.32 Å². The van der Waals surface area contributed by atoms with Gasteiger partial charge in [0.2, 0.25) is 0 Å². The first-order chi connectivity index (χ1) is 6.29. The zero-order valence-electron chi connectivity index (χ0n) is 7.51. The second kappa shape index (κ2) is 5.21. The first kappa shape index (κ1) is 10.5. The van der Waals surface area contributed by atoms with Gasteiger partial charge in [0.25, 0.3) is 0 Å². The summed E-state index contributed by atoms with van der Waals surface area (Å²) in [5, 5.41) is 3.16. The molecule has 1 N–H and O–H groups in total. The molecule has 1 aromatic rings. The average Bonchev–Trinajstić information content (AvgIpc) is 2.18. The number of nitrogens with one attached hydrogen (secondary N) is 1. The number of halogens is 1. The lowest BCUT2D eigenvalue weighted by molar-refractivity contribution is 0.0989. The number of carbonyl (C=O) groups is 1. The summed E-state index contributed by atoms with van der Waals surface area (Å²) < 4.78 is 0.811. The van der Waals surface area contributed by atoms with E-state index in [4.69, 9.17) is 0 Å². The number of carbonyl (C=O) groups excluding carboxylic acids is 1. The molecule has 0 aliphatic rings. The van der Waals surface area contributed by atoms with Crippen LogP contribution in [0.15, 0.2) is 24.3 Å². The molecule has 2 nitrogen and oxygen atoms in total. The van der Waals surface area contributed by atoms with Gasteiger partial charge in [0, 0.05) is 17.7 Å². The highest BCUT2D eigenvalue weighted by atomic mass is 127. The molecule has 70 valence electrons. The van der Waals surface area contributed by atoms with Crippen molar-refractivity contribution in [1.82, 2.24) is 0 Å². The Labute approximate surface area is 91.9 Å². The summed E-state index contributed by atoms with van der Waals surface area (Å²) in [6.07, 6.45) is 0.555. The minimum absolute atomic E-state index is 0.188. The summed E-state index contributed by atoms with van der Waals surface area (Å²) in [5.74, 6) is 0.188. The molecule has 0 fully saturated rings. The Bertz CT molecular complexity index is 299. The summed E-state index contributed by atoms with van der Waals surface area (Å²) in [6, 6.07) is 7.62. The van der Waals surface area contributed by atoms with Crippen LogP contribution in [-0.2, 0) is 0 Å². The molecule has 0 aromatic heterocycles. The topological polar surface area (TPSA) is 29.1 Å². The highest BCUT2D eigenvalue weighted by Crippen LogP contribution is 2.16. The van der Waals surface area contributed by atoms with E-state index in [0.717, 1.165) is 15.8 Å². The Morgan fingerprint density at radius 3 is 2.77 bits per heavy atom. The molecule has 0 amide bonds. The quantitative estimate of drug-likeness (QED) is 0.399. The Hall–Kier alpha value is -0.580. The maximum absolute atomic E-state index is 11.5. The van der Waals surface area contributed by atoms with Crippen molar-refractivity contribution in [3.05, 3.63) is 29.8 Å². The Kier molecular flexibility index (Phi) is 4.21. The third kappa shape index (κ3) is 2.69. The second-order valence-corrected chi connectivity index (χ2v) is 3.40. The maximum atomic E-state index is 11.5. The summed E-state index contributed by atoms with van der Waals surface area (Å²) in [7, 11) is 0. The molecule has 0 heterocycles. The molecule has 0 unspecified atom stereocenters. The lowest BCUT2D eigenvalue weighted by atomic mass is 10.1. The molecular weight excluding hydrogens is 277 g/mol. The normalized spacial score (nSPS) is 9.69. The van der Waals surface area contributed by atoms with Gasteiger partial charge in [-0.3, -0.25) is 4.79 Å². The Morgan fingerprint density at radius 2 is 2.15 bits per heavy atom. The van der Waals surface area contributed by atoms with E-state index in [1.807, 2.05) is 31.2 Å². The standard InChI is InChI=1S/C10H12INO/c1-2-10(13)8-5-3-4-6-9(8)12-7-11/h3-6,12H,2,7H2,1H3. The molecule has 3 heteroatoms. The van der Waals surface area contributed by atoms with Crippen molar-refractivity contribution in [1.29, 1.82) is 0 Å². The number of hydrogen-bond donors (Lipinski definition) is 1. The molecule has 0 atom stereocenters. The van der Waals surface area contributed by atoms with Gasteiger partial charge in [-0.25, -0.2) is 0 Å². The SMILES string of the molecule is CCC(=O)c1ccccc1NCI. The summed E-state index contributed by atoms with van der Waals surface area (Å²) >= 11 is 2.22. The van der Waals surface area contributed by atoms with Gasteiger partial charge in [-0.1, -0.05) is 41.6 Å². The third-order valence-electron chi connectivity index (χ3n) is 1.81. The van der Waals surface area contributed by atoms with E-state index in [1.54, 1.807) is 0 Å². The molecule has 0 aliphatic heterocycles. The van der Waals surface area contributed by atoms with Gasteiger partial charge in [0.15, 0.2) is 5.78 Å². The zero-order valence-corrected chi connectivity index (χ0v) is 9.67. The van der Waals surface area contributed by atoms with Crippen LogP contribution in [0.4, 0.5) is 5.69 Å². The average molecular weight is 289 g/mol. The first-order valence-electron chi connectivity index (χ1n) is 4.21. The molecule has 0 saturated carbocycles. The zero-order chi connectivity index (χ0) is 9.68. The fourth-order valence-corrected chi connectivity index (χ4v) is 1.55. The largest absolute Gasteiger partial charge is 0.376 e. The number of hydrogen-bond acceptors (Lipinski definition) is 2. The van der Waals surface area contributed by atoms with Crippen LogP contribution in [0, 0.1) is 0 Å². The van der Waals surface area contributed by atoms with E-state index in [2.05, 4.69) is 27.9 Å². The molecule has 0 bridgehead atoms. The van der Waals surface area contributed by atoms with Crippen LogP contribution in [0.1, 0.15) is 23.7 Å². The predicted octanol–water partition coefficient (Wildman–Crippen LogP) is 3.08. The minimum Gasteiger partial charge on any atom is -0.376 e. The highest BCUT2D eigenvalue weighted by molar-refractivity contribution is 14.1. The molecule has 0 spiro atoms. The molecule has 0 saturated heterocycles. The van der Waals surface area contributed by atoms with Crippen molar-refractivity contribution in [2.45, 2.75) is 13.3 Å². The van der Waals surface area contributed by atoms with Gasteiger partial charge in [-0.2, -0.15) is 0 Å². The third-order valence-corrected chi connectivity index (χ3v) is 2.19. The molecule has 0 aliphatic carbocycles. The van der Waals surface area contributed by atoms with E-state index in [1.165, 1.54) is 0 Å². The van der Waals surface area contributed by atoms with Crippen LogP contribution in [0.25, 0.3) is 0 Å². The Balaban J connectivity index is 2.97. The second-order valence-electron chi connectivity index (χ2n) is 2.63. The molecule has 1 aromatic carbocycles. The summed E-state index contributed by atoms with van der Waals surface area (Å²) in [6.45, 7) is 1.88. The van der Waals surface area contributed by atoms with Crippen LogP contribution in [0.2, 0.25) is 0 Å². The Morgan fingerprint density at radius 1 is 1.46 bits per heavy atom. The van der Waals surface area contributed by atoms with Crippen LogP contribution >= 0.6 is 22.6 Å². The summed E-state index contributed by atoms with van der Waals surface area (Å²) in [5.41, 5.74) is 1.73. The van der Waals surface area contributed by atoms with Crippen molar-refractivity contribution in [3.8, 4) is 0 Å². The number of anilines is 1. The van der Waals surface area contributed by atoms with Gasteiger partial charge in [-0.05, 0) is 12.1 Å². The number of ketones is 1. The first-order valence-corrected chi connectivity index (χ1v) is 5.74. The van der Waals surface area contributed by atoms with Gasteiger partial charge in [0.05, 0.1) is 4.55 Å². The van der Waals surface area contributed by atoms with Crippen LogP contribution in [0.3, 0.4) is 0 Å². The molecular formula is C10H12INO. The van der Waals surface area contributed by atoms with E-state index >= 15 is 0 Å². The fourth-order valence-electron chi connectivity index (χ4n) is 1.14. The van der Waals surface area contributed by atoms with Gasteiger partial charge in [0.1, 0.15) is 0 Å². The smallest absolute Gasteiger partial charge is 0.164 e. The van der Waals surface area contributed by atoms with Crippen LogP contribution < -0.4 is 5.32 Å². The number of benzene rings is 1. The van der Waals surface area contributed by atoms with Crippen LogP contribution in [0.5, 0.6) is 0 Å². The lowest BCUT2D eigenvalue weighted by Gasteiger charge is -2.07. The molecule has 13 heavy (non-hydrogen) atoms. The fraction of sp³-hybridized carbons (Fsp3) is 0.300. The highest BCUT2D eigenvalue weighted by Gasteiger charge is 2.07. The van der Waals surface area contributed by atoms with Crippen molar-refractivity contribution in [2.24, 2.45) is 0 Å². The van der Waals surface area contributed by atoms with E-state index in [-0.39, 0.29) is 5.78 Å². The number of Topliss-reactive ketones (excluding diaryl/α,β-unsaturated/α-hetero) is 1. The molecule has 1 rings (SSSR count). The van der Waals surface area contributed by atoms with E-state index in [0.29, 0.717) is 6.42 Å². The number of para-hydroxylation sites is 1. The van der Waals surface area contributed by atoms with Crippen molar-refractivity contribution >= 4 is 34.1 Å². The van der Waals surface area contributed by atoms with E-state index in [9.17, 15) is 4.79 Å². The minimum atomic E-state index is 0.188. The van der Waals surface area contributed by atoms with E-state index < -0.39 is 0 Å². The number of rotatable bonds is 4. The molecule has 0 radical (unpaired) electrons. The van der Waals surface area contributed by atoms with Gasteiger partial charge >= 0.3 is 0 Å². The predicted molar refractivity (Wildman–Crippen MR) is 63.6 cm³/mol. The van der Waals surface area contributed by atoms with Crippen molar-refractivity contribution in [2.75, 3.05) is 9.87 Å². The van der Waals surface area contributed by atoms with Crippen molar-refractivity contribution < 1.29 is 4.79 Å².